The Balaban J connectivity index is 1.50. The summed E-state index contributed by atoms with van der Waals surface area (Å²) in [6.45, 7) is 7.41. The molecule has 3 heterocycles. The number of nitrogens with zero attached hydrogens (tertiary/aromatic N) is 3. The van der Waals surface area contributed by atoms with Gasteiger partial charge in [0.25, 0.3) is 0 Å². The fraction of sp³-hybridized carbons (Fsp3) is 0.824. The van der Waals surface area contributed by atoms with E-state index in [0.29, 0.717) is 24.2 Å². The zero-order valence-corrected chi connectivity index (χ0v) is 14.2. The van der Waals surface area contributed by atoms with Crippen LogP contribution in [0.25, 0.3) is 0 Å². The number of likely N-dealkylation sites (tertiary alicyclic amines) is 1. The molecular weight excluding hydrogens is 294 g/mol. The van der Waals surface area contributed by atoms with Gasteiger partial charge in [0.2, 0.25) is 11.8 Å². The van der Waals surface area contributed by atoms with Gasteiger partial charge in [-0.15, -0.1) is 0 Å². The van der Waals surface area contributed by atoms with Gasteiger partial charge in [-0.1, -0.05) is 19.0 Å². The van der Waals surface area contributed by atoms with Gasteiger partial charge in [0.1, 0.15) is 0 Å². The SMILES string of the molecule is CC(C)CC(=O)N1CCC(Cc2noc(C3CCOCC3)n2)C1. The summed E-state index contributed by atoms with van der Waals surface area (Å²) in [6, 6.07) is 0. The van der Waals surface area contributed by atoms with E-state index in [2.05, 4.69) is 24.0 Å². The summed E-state index contributed by atoms with van der Waals surface area (Å²) in [7, 11) is 0. The van der Waals surface area contributed by atoms with Crippen LogP contribution in [0.1, 0.15) is 57.2 Å². The van der Waals surface area contributed by atoms with Crippen LogP contribution in [0, 0.1) is 11.8 Å². The fourth-order valence-corrected chi connectivity index (χ4v) is 3.42. The molecule has 1 aromatic rings. The minimum atomic E-state index is 0.276. The monoisotopic (exact) mass is 321 g/mol. The number of ether oxygens (including phenoxy) is 1. The van der Waals surface area contributed by atoms with Crippen molar-refractivity contribution in [2.24, 2.45) is 11.8 Å². The second kappa shape index (κ2) is 7.43. The maximum absolute atomic E-state index is 12.1. The third-order valence-electron chi connectivity index (χ3n) is 4.75. The molecule has 0 N–H and O–H groups in total. The highest BCUT2D eigenvalue weighted by Crippen LogP contribution is 2.26. The molecule has 0 radical (unpaired) electrons. The first-order chi connectivity index (χ1) is 11.1. The molecular formula is C17H27N3O3. The summed E-state index contributed by atoms with van der Waals surface area (Å²) in [4.78, 5) is 18.7. The second-order valence-electron chi connectivity index (χ2n) is 7.23. The average Bonchev–Trinajstić information content (AvgIpc) is 3.17. The molecule has 128 valence electrons. The Labute approximate surface area is 137 Å². The van der Waals surface area contributed by atoms with E-state index in [0.717, 1.165) is 63.7 Å². The van der Waals surface area contributed by atoms with Crippen molar-refractivity contribution in [3.63, 3.8) is 0 Å². The van der Waals surface area contributed by atoms with Crippen LogP contribution in [0.3, 0.4) is 0 Å². The number of amides is 1. The summed E-state index contributed by atoms with van der Waals surface area (Å²) in [6.07, 6.45) is 4.40. The molecule has 3 rings (SSSR count). The van der Waals surface area contributed by atoms with Crippen molar-refractivity contribution in [3.05, 3.63) is 11.7 Å². The van der Waals surface area contributed by atoms with Crippen LogP contribution in [-0.2, 0) is 16.0 Å². The topological polar surface area (TPSA) is 68.5 Å². The van der Waals surface area contributed by atoms with E-state index in [1.165, 1.54) is 0 Å². The summed E-state index contributed by atoms with van der Waals surface area (Å²) in [5, 5.41) is 4.14. The van der Waals surface area contributed by atoms with Gasteiger partial charge in [-0.25, -0.2) is 0 Å². The van der Waals surface area contributed by atoms with Gasteiger partial charge in [-0.2, -0.15) is 4.98 Å². The van der Waals surface area contributed by atoms with Crippen LogP contribution < -0.4 is 0 Å². The molecule has 1 aromatic heterocycles. The van der Waals surface area contributed by atoms with Gasteiger partial charge in [-0.3, -0.25) is 4.79 Å². The van der Waals surface area contributed by atoms with Gasteiger partial charge in [-0.05, 0) is 31.1 Å². The molecule has 0 spiro atoms. The van der Waals surface area contributed by atoms with E-state index in [4.69, 9.17) is 9.26 Å². The Bertz CT molecular complexity index is 523. The molecule has 0 saturated carbocycles. The molecule has 0 aromatic carbocycles. The van der Waals surface area contributed by atoms with Crippen LogP contribution in [0.5, 0.6) is 0 Å². The van der Waals surface area contributed by atoms with E-state index in [-0.39, 0.29) is 5.91 Å². The van der Waals surface area contributed by atoms with Crippen molar-refractivity contribution in [2.75, 3.05) is 26.3 Å². The Morgan fingerprint density at radius 1 is 1.30 bits per heavy atom. The fourth-order valence-electron chi connectivity index (χ4n) is 3.42. The molecule has 2 aliphatic rings. The van der Waals surface area contributed by atoms with Gasteiger partial charge in [0, 0.05) is 45.1 Å². The minimum absolute atomic E-state index is 0.276. The molecule has 2 saturated heterocycles. The number of hydrogen-bond acceptors (Lipinski definition) is 5. The van der Waals surface area contributed by atoms with Crippen LogP contribution in [0.4, 0.5) is 0 Å². The quantitative estimate of drug-likeness (QED) is 0.833. The second-order valence-corrected chi connectivity index (χ2v) is 7.23. The lowest BCUT2D eigenvalue weighted by molar-refractivity contribution is -0.131. The molecule has 0 bridgehead atoms. The highest BCUT2D eigenvalue weighted by atomic mass is 16.5. The normalized spacial score (nSPS) is 22.9. The highest BCUT2D eigenvalue weighted by Gasteiger charge is 2.28. The molecule has 6 nitrogen and oxygen atoms in total. The number of carbonyl (C=O) groups is 1. The third kappa shape index (κ3) is 4.31. The Kier molecular flexibility index (Phi) is 5.30. The summed E-state index contributed by atoms with van der Waals surface area (Å²) in [5.41, 5.74) is 0. The summed E-state index contributed by atoms with van der Waals surface area (Å²) in [5.74, 6) is 3.03. The number of aromatic nitrogens is 2. The van der Waals surface area contributed by atoms with Gasteiger partial charge < -0.3 is 14.2 Å². The number of rotatable bonds is 5. The lowest BCUT2D eigenvalue weighted by atomic mass is 10.0. The molecule has 1 unspecified atom stereocenters. The van der Waals surface area contributed by atoms with Crippen molar-refractivity contribution in [2.45, 2.75) is 51.9 Å². The predicted octanol–water partition coefficient (Wildman–Crippen LogP) is 2.40. The van der Waals surface area contributed by atoms with Gasteiger partial charge in [0.05, 0.1) is 0 Å². The first kappa shape index (κ1) is 16.4. The maximum atomic E-state index is 12.1. The molecule has 2 aliphatic heterocycles. The molecule has 1 atom stereocenters. The first-order valence-electron chi connectivity index (χ1n) is 8.80. The molecule has 23 heavy (non-hydrogen) atoms. The minimum Gasteiger partial charge on any atom is -0.381 e. The molecule has 6 heteroatoms. The van der Waals surface area contributed by atoms with Crippen LogP contribution in [0.2, 0.25) is 0 Å². The predicted molar refractivity (Wildman–Crippen MR) is 84.9 cm³/mol. The summed E-state index contributed by atoms with van der Waals surface area (Å²) >= 11 is 0. The smallest absolute Gasteiger partial charge is 0.229 e. The van der Waals surface area contributed by atoms with Crippen molar-refractivity contribution in [1.29, 1.82) is 0 Å². The van der Waals surface area contributed by atoms with E-state index < -0.39 is 0 Å². The van der Waals surface area contributed by atoms with Crippen LogP contribution >= 0.6 is 0 Å². The number of hydrogen-bond donors (Lipinski definition) is 0. The lowest BCUT2D eigenvalue weighted by Crippen LogP contribution is -2.29. The van der Waals surface area contributed by atoms with E-state index in [1.54, 1.807) is 0 Å². The van der Waals surface area contributed by atoms with E-state index in [9.17, 15) is 4.79 Å². The van der Waals surface area contributed by atoms with E-state index in [1.807, 2.05) is 4.90 Å². The third-order valence-corrected chi connectivity index (χ3v) is 4.75. The number of carbonyl (C=O) groups excluding carboxylic acids is 1. The Morgan fingerprint density at radius 2 is 2.09 bits per heavy atom. The van der Waals surface area contributed by atoms with Crippen molar-refractivity contribution in [3.8, 4) is 0 Å². The molecule has 2 fully saturated rings. The van der Waals surface area contributed by atoms with Crippen molar-refractivity contribution >= 4 is 5.91 Å². The van der Waals surface area contributed by atoms with Gasteiger partial charge >= 0.3 is 0 Å². The standard InChI is InChI=1S/C17H27N3O3/c1-12(2)9-16(21)20-6-3-13(11-20)10-15-18-17(23-19-15)14-4-7-22-8-5-14/h12-14H,3-11H2,1-2H3. The Morgan fingerprint density at radius 3 is 2.83 bits per heavy atom. The average molecular weight is 321 g/mol. The van der Waals surface area contributed by atoms with Crippen molar-refractivity contribution < 1.29 is 14.1 Å². The zero-order chi connectivity index (χ0) is 16.2. The van der Waals surface area contributed by atoms with Crippen LogP contribution in [0.15, 0.2) is 4.52 Å². The van der Waals surface area contributed by atoms with Crippen LogP contribution in [-0.4, -0.2) is 47.3 Å². The zero-order valence-electron chi connectivity index (χ0n) is 14.2. The molecule has 0 aliphatic carbocycles. The Hall–Kier alpha value is -1.43. The molecule has 1 amide bonds. The largest absolute Gasteiger partial charge is 0.381 e. The maximum Gasteiger partial charge on any atom is 0.229 e. The summed E-state index contributed by atoms with van der Waals surface area (Å²) < 4.78 is 10.8. The lowest BCUT2D eigenvalue weighted by Gasteiger charge is -2.18. The van der Waals surface area contributed by atoms with Crippen molar-refractivity contribution in [1.82, 2.24) is 15.0 Å². The first-order valence-corrected chi connectivity index (χ1v) is 8.80. The van der Waals surface area contributed by atoms with E-state index >= 15 is 0 Å². The highest BCUT2D eigenvalue weighted by molar-refractivity contribution is 5.76. The van der Waals surface area contributed by atoms with Gasteiger partial charge in [0.15, 0.2) is 5.82 Å².